The molecule has 1 saturated heterocycles. The van der Waals surface area contributed by atoms with Crippen LogP contribution in [0, 0.1) is 11.7 Å². The summed E-state index contributed by atoms with van der Waals surface area (Å²) in [6.07, 6.45) is 7.29. The van der Waals surface area contributed by atoms with Crippen LogP contribution in [0.4, 0.5) is 4.39 Å². The molecule has 2 atom stereocenters. The molecular weight excluding hydrogens is 297 g/mol. The van der Waals surface area contributed by atoms with Crippen molar-refractivity contribution in [3.8, 4) is 0 Å². The number of carbonyl (C=O) groups is 1. The van der Waals surface area contributed by atoms with Gasteiger partial charge in [-0.2, -0.15) is 0 Å². The summed E-state index contributed by atoms with van der Waals surface area (Å²) in [5.41, 5.74) is 0. The minimum Gasteiger partial charge on any atom is -0.335 e. The molecule has 2 aliphatic rings. The van der Waals surface area contributed by atoms with Crippen LogP contribution in [0.3, 0.4) is 0 Å². The van der Waals surface area contributed by atoms with Gasteiger partial charge in [0, 0.05) is 22.7 Å². The maximum absolute atomic E-state index is 13.9. The molecule has 2 nitrogen and oxygen atoms in total. The largest absolute Gasteiger partial charge is 0.335 e. The minimum atomic E-state index is -0.234. The Hall–Kier alpha value is -1.42. The van der Waals surface area contributed by atoms with Crippen molar-refractivity contribution in [2.45, 2.75) is 44.6 Å². The molecule has 0 N–H and O–H groups in total. The second kappa shape index (κ2) is 5.65. The van der Waals surface area contributed by atoms with Crippen molar-refractivity contribution in [2.24, 2.45) is 5.92 Å². The molecule has 4 rings (SSSR count). The van der Waals surface area contributed by atoms with Crippen LogP contribution in [0.15, 0.2) is 24.3 Å². The Kier molecular flexibility index (Phi) is 3.65. The van der Waals surface area contributed by atoms with Crippen LogP contribution in [-0.4, -0.2) is 23.4 Å². The van der Waals surface area contributed by atoms with E-state index in [-0.39, 0.29) is 11.7 Å². The third kappa shape index (κ3) is 2.34. The highest BCUT2D eigenvalue weighted by Gasteiger charge is 2.36. The van der Waals surface area contributed by atoms with Gasteiger partial charge in [-0.3, -0.25) is 4.79 Å². The highest BCUT2D eigenvalue weighted by Crippen LogP contribution is 2.37. The molecule has 1 aromatic carbocycles. The van der Waals surface area contributed by atoms with Crippen molar-refractivity contribution < 1.29 is 9.18 Å². The van der Waals surface area contributed by atoms with Gasteiger partial charge >= 0.3 is 0 Å². The molecule has 2 fully saturated rings. The number of hydrogen-bond donors (Lipinski definition) is 0. The van der Waals surface area contributed by atoms with Crippen LogP contribution >= 0.6 is 11.3 Å². The van der Waals surface area contributed by atoms with Crippen molar-refractivity contribution >= 4 is 27.3 Å². The van der Waals surface area contributed by atoms with Gasteiger partial charge < -0.3 is 4.90 Å². The average Bonchev–Trinajstić information content (AvgIpc) is 2.99. The zero-order chi connectivity index (χ0) is 15.1. The number of rotatable bonds is 1. The third-order valence-electron chi connectivity index (χ3n) is 5.22. The molecule has 2 heterocycles. The lowest BCUT2D eigenvalue weighted by Crippen LogP contribution is -2.49. The maximum Gasteiger partial charge on any atom is 0.264 e. The fraction of sp³-hybridized carbons (Fsp3) is 0.500. The number of halogens is 1. The van der Waals surface area contributed by atoms with Gasteiger partial charge in [0.15, 0.2) is 0 Å². The highest BCUT2D eigenvalue weighted by molar-refractivity contribution is 7.20. The monoisotopic (exact) mass is 317 g/mol. The molecule has 0 radical (unpaired) electrons. The van der Waals surface area contributed by atoms with Gasteiger partial charge in [0.25, 0.3) is 5.91 Å². The second-order valence-corrected chi connectivity index (χ2v) is 7.60. The summed E-state index contributed by atoms with van der Waals surface area (Å²) in [5.74, 6) is 0.553. The summed E-state index contributed by atoms with van der Waals surface area (Å²) < 4.78 is 14.7. The Morgan fingerprint density at radius 2 is 2.00 bits per heavy atom. The number of piperidine rings is 1. The lowest BCUT2D eigenvalue weighted by molar-refractivity contribution is 0.0395. The molecule has 1 aliphatic carbocycles. The fourth-order valence-electron chi connectivity index (χ4n) is 4.15. The number of fused-ring (bicyclic) bond motifs is 2. The SMILES string of the molecule is O=C(c1cc2c(F)cccc2s1)N1CCC[C@@H]2CCCC[C@H]21. The van der Waals surface area contributed by atoms with E-state index in [9.17, 15) is 9.18 Å². The van der Waals surface area contributed by atoms with Gasteiger partial charge in [0.1, 0.15) is 5.82 Å². The van der Waals surface area contributed by atoms with E-state index in [1.165, 1.54) is 43.1 Å². The van der Waals surface area contributed by atoms with Crippen molar-refractivity contribution in [2.75, 3.05) is 6.54 Å². The Morgan fingerprint density at radius 1 is 1.18 bits per heavy atom. The van der Waals surface area contributed by atoms with E-state index in [1.807, 2.05) is 6.07 Å². The fourth-order valence-corrected chi connectivity index (χ4v) is 5.18. The lowest BCUT2D eigenvalue weighted by atomic mass is 9.78. The number of likely N-dealkylation sites (tertiary alicyclic amines) is 1. The van der Waals surface area contributed by atoms with Gasteiger partial charge in [0.2, 0.25) is 0 Å². The van der Waals surface area contributed by atoms with Crippen LogP contribution in [0.2, 0.25) is 0 Å². The van der Waals surface area contributed by atoms with Crippen LogP contribution in [0.5, 0.6) is 0 Å². The number of carbonyl (C=O) groups excluding carboxylic acids is 1. The van der Waals surface area contributed by atoms with Gasteiger partial charge in [-0.15, -0.1) is 11.3 Å². The van der Waals surface area contributed by atoms with Crippen LogP contribution in [-0.2, 0) is 0 Å². The number of amides is 1. The van der Waals surface area contributed by atoms with Gasteiger partial charge in [-0.05, 0) is 49.8 Å². The normalized spacial score (nSPS) is 25.2. The average molecular weight is 317 g/mol. The first kappa shape index (κ1) is 14.2. The van der Waals surface area contributed by atoms with E-state index >= 15 is 0 Å². The lowest BCUT2D eigenvalue weighted by Gasteiger charge is -2.44. The minimum absolute atomic E-state index is 0.109. The molecule has 1 amide bonds. The smallest absolute Gasteiger partial charge is 0.264 e. The Morgan fingerprint density at radius 3 is 2.86 bits per heavy atom. The summed E-state index contributed by atoms with van der Waals surface area (Å²) >= 11 is 1.42. The highest BCUT2D eigenvalue weighted by atomic mass is 32.1. The molecule has 1 saturated carbocycles. The summed E-state index contributed by atoms with van der Waals surface area (Å²) in [7, 11) is 0. The number of benzene rings is 1. The molecule has 1 aliphatic heterocycles. The van der Waals surface area contributed by atoms with E-state index in [0.717, 1.165) is 24.1 Å². The summed E-state index contributed by atoms with van der Waals surface area (Å²) in [4.78, 5) is 15.7. The molecule has 0 unspecified atom stereocenters. The Labute approximate surface area is 133 Å². The number of thiophene rings is 1. The molecule has 2 aromatic rings. The second-order valence-electron chi connectivity index (χ2n) is 6.51. The van der Waals surface area contributed by atoms with E-state index in [0.29, 0.717) is 22.2 Å². The van der Waals surface area contributed by atoms with E-state index in [4.69, 9.17) is 0 Å². The van der Waals surface area contributed by atoms with Crippen LogP contribution < -0.4 is 0 Å². The van der Waals surface area contributed by atoms with E-state index < -0.39 is 0 Å². The van der Waals surface area contributed by atoms with Crippen molar-refractivity contribution in [3.05, 3.63) is 35.0 Å². The molecule has 22 heavy (non-hydrogen) atoms. The number of nitrogens with zero attached hydrogens (tertiary/aromatic N) is 1. The van der Waals surface area contributed by atoms with E-state index in [1.54, 1.807) is 12.1 Å². The van der Waals surface area contributed by atoms with Crippen molar-refractivity contribution in [3.63, 3.8) is 0 Å². The molecule has 0 bridgehead atoms. The summed E-state index contributed by atoms with van der Waals surface area (Å²) in [6.45, 7) is 0.858. The zero-order valence-corrected chi connectivity index (χ0v) is 13.4. The van der Waals surface area contributed by atoms with Crippen molar-refractivity contribution in [1.82, 2.24) is 4.90 Å². The Balaban J connectivity index is 1.65. The predicted molar refractivity (Wildman–Crippen MR) is 87.8 cm³/mol. The first-order valence-corrected chi connectivity index (χ1v) is 9.05. The summed E-state index contributed by atoms with van der Waals surface area (Å²) in [5, 5.41) is 0.577. The predicted octanol–water partition coefficient (Wildman–Crippen LogP) is 4.84. The quantitative estimate of drug-likeness (QED) is 0.737. The van der Waals surface area contributed by atoms with Gasteiger partial charge in [-0.1, -0.05) is 18.9 Å². The molecule has 4 heteroatoms. The molecule has 0 spiro atoms. The molecule has 116 valence electrons. The number of hydrogen-bond acceptors (Lipinski definition) is 2. The summed E-state index contributed by atoms with van der Waals surface area (Å²) in [6, 6.07) is 7.20. The van der Waals surface area contributed by atoms with Crippen molar-refractivity contribution in [1.29, 1.82) is 0 Å². The first-order valence-electron chi connectivity index (χ1n) is 8.23. The first-order chi connectivity index (χ1) is 10.7. The van der Waals surface area contributed by atoms with Crippen LogP contribution in [0.25, 0.3) is 10.1 Å². The van der Waals surface area contributed by atoms with Gasteiger partial charge in [0.05, 0.1) is 4.88 Å². The topological polar surface area (TPSA) is 20.3 Å². The molecule has 1 aromatic heterocycles. The van der Waals surface area contributed by atoms with E-state index in [2.05, 4.69) is 4.90 Å². The maximum atomic E-state index is 13.9. The zero-order valence-electron chi connectivity index (χ0n) is 12.6. The Bertz CT molecular complexity index is 708. The van der Waals surface area contributed by atoms with Gasteiger partial charge in [-0.25, -0.2) is 4.39 Å². The van der Waals surface area contributed by atoms with Crippen LogP contribution in [0.1, 0.15) is 48.2 Å². The standard InChI is InChI=1S/C18H20FNOS/c19-14-7-3-9-16-13(14)11-17(22-16)18(21)20-10-4-6-12-5-1-2-8-15(12)20/h3,7,9,11-12,15H,1-2,4-6,8,10H2/t12-,15+/m0/s1. The molecular formula is C18H20FNOS. The third-order valence-corrected chi connectivity index (χ3v) is 6.31.